The predicted molar refractivity (Wildman–Crippen MR) is 81.4 cm³/mol. The first-order valence-corrected chi connectivity index (χ1v) is 7.53. The Labute approximate surface area is 130 Å². The fraction of sp³-hybridized carbons (Fsp3) is 0.214. The number of benzene rings is 1. The van der Waals surface area contributed by atoms with Gasteiger partial charge in [-0.1, -0.05) is 0 Å². The molecule has 1 atom stereocenters. The molecule has 22 heavy (non-hydrogen) atoms. The van der Waals surface area contributed by atoms with Gasteiger partial charge >= 0.3 is 6.03 Å². The normalized spacial score (nSPS) is 17.6. The second-order valence-electron chi connectivity index (χ2n) is 4.82. The Morgan fingerprint density at radius 2 is 2.14 bits per heavy atom. The number of urea groups is 1. The number of halogens is 1. The van der Waals surface area contributed by atoms with Gasteiger partial charge in [-0.05, 0) is 24.3 Å². The highest BCUT2D eigenvalue weighted by atomic mass is 32.1. The summed E-state index contributed by atoms with van der Waals surface area (Å²) in [5.74, 6) is -0.459. The lowest BCUT2D eigenvalue weighted by atomic mass is 10.2. The van der Waals surface area contributed by atoms with E-state index in [-0.39, 0.29) is 24.2 Å². The molecule has 2 N–H and O–H groups in total. The van der Waals surface area contributed by atoms with E-state index in [2.05, 4.69) is 15.6 Å². The van der Waals surface area contributed by atoms with Crippen molar-refractivity contribution in [2.24, 2.45) is 0 Å². The van der Waals surface area contributed by atoms with Gasteiger partial charge in [0.15, 0.2) is 5.13 Å². The van der Waals surface area contributed by atoms with E-state index in [0.717, 1.165) is 0 Å². The molecule has 114 valence electrons. The van der Waals surface area contributed by atoms with E-state index in [1.807, 2.05) is 0 Å². The Morgan fingerprint density at radius 1 is 1.36 bits per heavy atom. The van der Waals surface area contributed by atoms with Crippen molar-refractivity contribution < 1.29 is 14.0 Å². The van der Waals surface area contributed by atoms with E-state index in [9.17, 15) is 14.0 Å². The lowest BCUT2D eigenvalue weighted by Gasteiger charge is -2.17. The summed E-state index contributed by atoms with van der Waals surface area (Å²) in [6, 6.07) is 5.01. The van der Waals surface area contributed by atoms with Crippen LogP contribution in [0.4, 0.5) is 20.0 Å². The molecule has 3 rings (SSSR count). The van der Waals surface area contributed by atoms with Crippen LogP contribution in [0.5, 0.6) is 0 Å². The van der Waals surface area contributed by atoms with Crippen molar-refractivity contribution in [3.63, 3.8) is 0 Å². The van der Waals surface area contributed by atoms with Crippen molar-refractivity contribution in [1.29, 1.82) is 0 Å². The summed E-state index contributed by atoms with van der Waals surface area (Å²) in [6.07, 6.45) is 1.80. The number of aromatic nitrogens is 1. The molecule has 1 fully saturated rings. The van der Waals surface area contributed by atoms with Crippen LogP contribution in [0.25, 0.3) is 0 Å². The average Bonchev–Trinajstić information content (AvgIpc) is 3.10. The minimum absolute atomic E-state index is 0.105. The van der Waals surface area contributed by atoms with Crippen molar-refractivity contribution in [2.45, 2.75) is 12.5 Å². The molecule has 0 spiro atoms. The van der Waals surface area contributed by atoms with Crippen LogP contribution in [0, 0.1) is 5.82 Å². The van der Waals surface area contributed by atoms with Gasteiger partial charge in [-0.25, -0.2) is 14.2 Å². The molecule has 2 aromatic rings. The number of rotatable bonds is 3. The number of nitrogens with one attached hydrogen (secondary N) is 2. The van der Waals surface area contributed by atoms with Crippen LogP contribution < -0.4 is 15.5 Å². The zero-order valence-electron chi connectivity index (χ0n) is 11.5. The van der Waals surface area contributed by atoms with Gasteiger partial charge < -0.3 is 10.2 Å². The van der Waals surface area contributed by atoms with Crippen molar-refractivity contribution >= 4 is 34.1 Å². The molecule has 3 amide bonds. The zero-order valence-corrected chi connectivity index (χ0v) is 12.3. The van der Waals surface area contributed by atoms with Gasteiger partial charge in [0.05, 0.1) is 6.04 Å². The van der Waals surface area contributed by atoms with E-state index >= 15 is 0 Å². The highest BCUT2D eigenvalue weighted by molar-refractivity contribution is 7.13. The van der Waals surface area contributed by atoms with Crippen molar-refractivity contribution in [3.05, 3.63) is 41.7 Å². The molecule has 1 saturated heterocycles. The Bertz CT molecular complexity index is 675. The number of anilines is 2. The van der Waals surface area contributed by atoms with E-state index in [1.54, 1.807) is 23.7 Å². The highest BCUT2D eigenvalue weighted by Crippen LogP contribution is 2.22. The number of amides is 3. The van der Waals surface area contributed by atoms with Crippen LogP contribution in [0.2, 0.25) is 0 Å². The molecule has 1 aromatic carbocycles. The third kappa shape index (κ3) is 3.22. The number of nitrogens with zero attached hydrogens (tertiary/aromatic N) is 2. The minimum Gasteiger partial charge on any atom is -0.333 e. The van der Waals surface area contributed by atoms with Crippen molar-refractivity contribution in [1.82, 2.24) is 10.3 Å². The first-order valence-electron chi connectivity index (χ1n) is 6.65. The average molecular weight is 320 g/mol. The van der Waals surface area contributed by atoms with Gasteiger partial charge in [0, 0.05) is 30.2 Å². The fourth-order valence-electron chi connectivity index (χ4n) is 2.28. The maximum absolute atomic E-state index is 12.9. The quantitative estimate of drug-likeness (QED) is 0.910. The molecule has 1 aliphatic heterocycles. The minimum atomic E-state index is -0.395. The number of hydrogen-bond acceptors (Lipinski definition) is 4. The third-order valence-electron chi connectivity index (χ3n) is 3.25. The molecule has 6 nitrogen and oxygen atoms in total. The van der Waals surface area contributed by atoms with Gasteiger partial charge in [-0.2, -0.15) is 0 Å². The largest absolute Gasteiger partial charge is 0.333 e. The molecule has 0 radical (unpaired) electrons. The summed E-state index contributed by atoms with van der Waals surface area (Å²) in [4.78, 5) is 29.3. The highest BCUT2D eigenvalue weighted by Gasteiger charge is 2.31. The van der Waals surface area contributed by atoms with E-state index < -0.39 is 6.03 Å². The number of carbonyl (C=O) groups excluding carboxylic acids is 2. The van der Waals surface area contributed by atoms with Crippen LogP contribution in [0.15, 0.2) is 35.8 Å². The maximum atomic E-state index is 12.9. The Balaban J connectivity index is 1.59. The lowest BCUT2D eigenvalue weighted by molar-refractivity contribution is -0.117. The van der Waals surface area contributed by atoms with E-state index in [0.29, 0.717) is 17.4 Å². The summed E-state index contributed by atoms with van der Waals surface area (Å²) in [5, 5.41) is 7.59. The summed E-state index contributed by atoms with van der Waals surface area (Å²) >= 11 is 1.31. The molecular weight excluding hydrogens is 307 g/mol. The topological polar surface area (TPSA) is 74.3 Å². The van der Waals surface area contributed by atoms with Crippen LogP contribution in [0.1, 0.15) is 6.42 Å². The molecule has 1 aliphatic rings. The zero-order chi connectivity index (χ0) is 15.5. The monoisotopic (exact) mass is 320 g/mol. The van der Waals surface area contributed by atoms with Gasteiger partial charge in [0.2, 0.25) is 5.91 Å². The fourth-order valence-corrected chi connectivity index (χ4v) is 2.80. The van der Waals surface area contributed by atoms with Gasteiger partial charge in [0.25, 0.3) is 0 Å². The summed E-state index contributed by atoms with van der Waals surface area (Å²) < 4.78 is 12.9. The van der Waals surface area contributed by atoms with E-state index in [1.165, 1.54) is 28.4 Å². The molecule has 0 aliphatic carbocycles. The number of thiazole rings is 1. The first-order chi connectivity index (χ1) is 10.6. The molecule has 1 aromatic heterocycles. The smallest absolute Gasteiger partial charge is 0.321 e. The van der Waals surface area contributed by atoms with Gasteiger partial charge in [0.1, 0.15) is 5.82 Å². The molecular formula is C14H13FN4O2S. The number of carbonyl (C=O) groups is 2. The molecule has 1 unspecified atom stereocenters. The molecule has 8 heteroatoms. The molecule has 2 heterocycles. The van der Waals surface area contributed by atoms with Crippen molar-refractivity contribution in [3.8, 4) is 0 Å². The Kier molecular flexibility index (Phi) is 4.01. The summed E-state index contributed by atoms with van der Waals surface area (Å²) in [6.45, 7) is 0.357. The Morgan fingerprint density at radius 3 is 2.82 bits per heavy atom. The Hall–Kier alpha value is -2.48. The second-order valence-corrected chi connectivity index (χ2v) is 5.71. The van der Waals surface area contributed by atoms with Crippen LogP contribution in [-0.2, 0) is 4.79 Å². The number of hydrogen-bond donors (Lipinski definition) is 2. The van der Waals surface area contributed by atoms with Gasteiger partial charge in [-0.15, -0.1) is 11.3 Å². The summed E-state index contributed by atoms with van der Waals surface area (Å²) in [5.41, 5.74) is 0.621. The first kappa shape index (κ1) is 14.5. The standard InChI is InChI=1S/C14H13FN4O2S/c15-9-1-3-11(4-2-9)19-8-10(7-12(19)20)17-13(21)18-14-16-5-6-22-14/h1-6,10H,7-8H2,(H2,16,17,18,21). The SMILES string of the molecule is O=C(Nc1nccs1)NC1CC(=O)N(c2ccc(F)cc2)C1. The van der Waals surface area contributed by atoms with Gasteiger partial charge in [-0.3, -0.25) is 10.1 Å². The summed E-state index contributed by atoms with van der Waals surface area (Å²) in [7, 11) is 0. The maximum Gasteiger partial charge on any atom is 0.321 e. The van der Waals surface area contributed by atoms with Crippen LogP contribution in [-0.4, -0.2) is 29.5 Å². The van der Waals surface area contributed by atoms with Crippen LogP contribution in [0.3, 0.4) is 0 Å². The molecule has 0 saturated carbocycles. The molecule has 0 bridgehead atoms. The predicted octanol–water partition coefficient (Wildman–Crippen LogP) is 2.21. The third-order valence-corrected chi connectivity index (χ3v) is 3.94. The van der Waals surface area contributed by atoms with E-state index in [4.69, 9.17) is 0 Å². The second kappa shape index (κ2) is 6.10. The van der Waals surface area contributed by atoms with Crippen LogP contribution >= 0.6 is 11.3 Å². The lowest BCUT2D eigenvalue weighted by Crippen LogP contribution is -2.39. The van der Waals surface area contributed by atoms with Crippen molar-refractivity contribution in [2.75, 3.05) is 16.8 Å².